The van der Waals surface area contributed by atoms with Crippen LogP contribution in [-0.4, -0.2) is 24.5 Å². The Bertz CT molecular complexity index is 768. The first-order valence-corrected chi connectivity index (χ1v) is 13.5. The summed E-state index contributed by atoms with van der Waals surface area (Å²) in [7, 11) is 0. The van der Waals surface area contributed by atoms with Crippen LogP contribution in [-0.2, 0) is 15.7 Å². The molecule has 0 fully saturated rings. The van der Waals surface area contributed by atoms with Gasteiger partial charge < -0.3 is 10.1 Å². The smallest absolute Gasteiger partial charge is 0.419 e. The average molecular weight is 518 g/mol. The van der Waals surface area contributed by atoms with Gasteiger partial charge >= 0.3 is 12.1 Å². The number of hydrogen-bond acceptors (Lipinski definition) is 3. The Balaban J connectivity index is 2.09. The average Bonchev–Trinajstić information content (AvgIpc) is 2.82. The molecule has 0 aliphatic carbocycles. The van der Waals surface area contributed by atoms with Crippen molar-refractivity contribution in [2.24, 2.45) is 0 Å². The minimum Gasteiger partial charge on any atom is -0.464 e. The Morgan fingerprint density at radius 2 is 1.31 bits per heavy atom. The summed E-state index contributed by atoms with van der Waals surface area (Å²) in [6, 6.07) is 1.33. The molecule has 206 valence electrons. The molecule has 0 aliphatic heterocycles. The largest absolute Gasteiger partial charge is 0.464 e. The highest BCUT2D eigenvalue weighted by Crippen LogP contribution is 2.32. The number of unbranched alkanes of at least 4 members (excludes halogenated alkanes) is 14. The van der Waals surface area contributed by atoms with E-state index in [-0.39, 0.29) is 6.61 Å². The monoisotopic (exact) mass is 517 g/mol. The van der Waals surface area contributed by atoms with Crippen LogP contribution >= 0.6 is 0 Å². The van der Waals surface area contributed by atoms with Gasteiger partial charge in [0.1, 0.15) is 11.9 Å². The minimum absolute atomic E-state index is 0.204. The van der Waals surface area contributed by atoms with Gasteiger partial charge in [0.15, 0.2) is 0 Å². The van der Waals surface area contributed by atoms with Gasteiger partial charge in [0.05, 0.1) is 17.7 Å². The summed E-state index contributed by atoms with van der Waals surface area (Å²) in [6.45, 7) is 3.79. The van der Waals surface area contributed by atoms with E-state index in [2.05, 4.69) is 12.2 Å². The Hall–Kier alpha value is -2.12. The van der Waals surface area contributed by atoms with Crippen LogP contribution in [0.5, 0.6) is 0 Å². The lowest BCUT2D eigenvalue weighted by molar-refractivity contribution is -0.145. The van der Waals surface area contributed by atoms with Crippen molar-refractivity contribution in [2.45, 2.75) is 122 Å². The van der Waals surface area contributed by atoms with E-state index in [0.717, 1.165) is 31.4 Å². The van der Waals surface area contributed by atoms with E-state index in [9.17, 15) is 27.2 Å². The number of benzene rings is 1. The van der Waals surface area contributed by atoms with Crippen molar-refractivity contribution < 1.29 is 31.9 Å². The van der Waals surface area contributed by atoms with Crippen LogP contribution in [0.25, 0.3) is 0 Å². The third kappa shape index (κ3) is 13.3. The Morgan fingerprint density at radius 3 is 1.78 bits per heavy atom. The molecule has 0 aliphatic rings. The molecule has 1 unspecified atom stereocenters. The van der Waals surface area contributed by atoms with Gasteiger partial charge in [-0.2, -0.15) is 13.2 Å². The van der Waals surface area contributed by atoms with Gasteiger partial charge in [0, 0.05) is 0 Å². The zero-order chi connectivity index (χ0) is 26.8. The number of esters is 1. The van der Waals surface area contributed by atoms with Crippen molar-refractivity contribution in [3.8, 4) is 0 Å². The summed E-state index contributed by atoms with van der Waals surface area (Å²) in [5.74, 6) is -3.48. The first-order chi connectivity index (χ1) is 17.2. The molecule has 8 heteroatoms. The summed E-state index contributed by atoms with van der Waals surface area (Å²) in [5.41, 5.74) is -2.30. The van der Waals surface area contributed by atoms with E-state index in [0.29, 0.717) is 12.5 Å². The van der Waals surface area contributed by atoms with Crippen LogP contribution in [0.2, 0.25) is 0 Å². The molecular weight excluding hydrogens is 474 g/mol. The van der Waals surface area contributed by atoms with Gasteiger partial charge in [0.2, 0.25) is 0 Å². The number of amides is 1. The maximum Gasteiger partial charge on any atom is 0.419 e. The lowest BCUT2D eigenvalue weighted by Gasteiger charge is -2.15. The lowest BCUT2D eigenvalue weighted by Crippen LogP contribution is -2.40. The third-order valence-electron chi connectivity index (χ3n) is 6.24. The van der Waals surface area contributed by atoms with E-state index in [1.165, 1.54) is 77.6 Å². The molecule has 0 saturated heterocycles. The van der Waals surface area contributed by atoms with Crippen LogP contribution < -0.4 is 5.32 Å². The van der Waals surface area contributed by atoms with E-state index >= 15 is 0 Å². The fourth-order valence-corrected chi connectivity index (χ4v) is 4.03. The lowest BCUT2D eigenvalue weighted by atomic mass is 10.0. The summed E-state index contributed by atoms with van der Waals surface area (Å²) >= 11 is 0. The second-order valence-electron chi connectivity index (χ2n) is 9.48. The first kappa shape index (κ1) is 31.9. The summed E-state index contributed by atoms with van der Waals surface area (Å²) in [6.07, 6.45) is 13.5. The van der Waals surface area contributed by atoms with Crippen molar-refractivity contribution in [1.82, 2.24) is 5.32 Å². The van der Waals surface area contributed by atoms with Crippen LogP contribution in [0.4, 0.5) is 17.6 Å². The van der Waals surface area contributed by atoms with Crippen LogP contribution in [0.15, 0.2) is 18.2 Å². The molecule has 0 heterocycles. The van der Waals surface area contributed by atoms with Crippen molar-refractivity contribution in [1.29, 1.82) is 0 Å². The van der Waals surface area contributed by atoms with Crippen molar-refractivity contribution in [3.63, 3.8) is 0 Å². The maximum atomic E-state index is 14.1. The molecule has 0 radical (unpaired) electrons. The van der Waals surface area contributed by atoms with Crippen molar-refractivity contribution in [3.05, 3.63) is 35.1 Å². The van der Waals surface area contributed by atoms with Gasteiger partial charge in [-0.05, 0) is 25.5 Å². The van der Waals surface area contributed by atoms with Crippen molar-refractivity contribution >= 4 is 11.9 Å². The topological polar surface area (TPSA) is 55.4 Å². The highest BCUT2D eigenvalue weighted by atomic mass is 19.4. The van der Waals surface area contributed by atoms with Crippen LogP contribution in [0.1, 0.15) is 126 Å². The molecule has 1 aromatic carbocycles. The molecule has 0 saturated carbocycles. The van der Waals surface area contributed by atoms with E-state index < -0.39 is 41.0 Å². The quantitative estimate of drug-likeness (QED) is 0.114. The fraction of sp³-hybridized carbons (Fsp3) is 0.714. The van der Waals surface area contributed by atoms with Gasteiger partial charge in [-0.1, -0.05) is 103 Å². The van der Waals surface area contributed by atoms with E-state index in [1.54, 1.807) is 0 Å². The number of carbonyl (C=O) groups is 2. The Labute approximate surface area is 213 Å². The molecular formula is C28H43F4NO3. The normalized spacial score (nSPS) is 12.4. The van der Waals surface area contributed by atoms with Crippen LogP contribution in [0.3, 0.4) is 0 Å². The third-order valence-corrected chi connectivity index (χ3v) is 6.24. The van der Waals surface area contributed by atoms with Gasteiger partial charge in [-0.15, -0.1) is 0 Å². The van der Waals surface area contributed by atoms with Gasteiger partial charge in [-0.25, -0.2) is 9.18 Å². The molecule has 0 spiro atoms. The molecule has 4 nitrogen and oxygen atoms in total. The van der Waals surface area contributed by atoms with E-state index in [1.807, 2.05) is 0 Å². The van der Waals surface area contributed by atoms with Crippen LogP contribution in [0, 0.1) is 5.82 Å². The Kier molecular flexibility index (Phi) is 16.1. The summed E-state index contributed by atoms with van der Waals surface area (Å²) < 4.78 is 57.7. The zero-order valence-corrected chi connectivity index (χ0v) is 21.9. The predicted octanol–water partition coefficient (Wildman–Crippen LogP) is 8.38. The molecule has 0 bridgehead atoms. The molecule has 1 atom stereocenters. The number of carbonyl (C=O) groups excluding carboxylic acids is 2. The fourth-order valence-electron chi connectivity index (χ4n) is 4.03. The number of hydrogen-bond donors (Lipinski definition) is 1. The highest BCUT2D eigenvalue weighted by Gasteiger charge is 2.36. The van der Waals surface area contributed by atoms with Gasteiger partial charge in [-0.3, -0.25) is 4.79 Å². The zero-order valence-electron chi connectivity index (χ0n) is 21.9. The van der Waals surface area contributed by atoms with E-state index in [4.69, 9.17) is 4.74 Å². The SMILES string of the molecule is CCCCCCCCCCCCCCCCCOC(=O)C(C)NC(=O)c1cccc(C(F)(F)F)c1F. The first-order valence-electron chi connectivity index (χ1n) is 13.5. The van der Waals surface area contributed by atoms with Gasteiger partial charge in [0.25, 0.3) is 5.91 Å². The molecule has 1 rings (SSSR count). The number of rotatable bonds is 19. The summed E-state index contributed by atoms with van der Waals surface area (Å²) in [4.78, 5) is 24.2. The molecule has 36 heavy (non-hydrogen) atoms. The van der Waals surface area contributed by atoms with Crippen molar-refractivity contribution in [2.75, 3.05) is 6.61 Å². The molecule has 1 N–H and O–H groups in total. The number of nitrogens with one attached hydrogen (secondary N) is 1. The predicted molar refractivity (Wildman–Crippen MR) is 134 cm³/mol. The second kappa shape index (κ2) is 18.2. The number of halogens is 4. The molecule has 1 amide bonds. The standard InChI is InChI=1S/C28H43F4NO3/c1-3-4-5-6-7-8-9-10-11-12-13-14-15-16-17-21-36-27(35)22(2)33-26(34)23-19-18-20-24(25(23)29)28(30,31)32/h18-20,22H,3-17,21H2,1-2H3,(H,33,34). The summed E-state index contributed by atoms with van der Waals surface area (Å²) in [5, 5.41) is 2.20. The Morgan fingerprint density at radius 1 is 0.833 bits per heavy atom. The number of alkyl halides is 3. The number of ether oxygens (including phenoxy) is 1. The maximum absolute atomic E-state index is 14.1. The second-order valence-corrected chi connectivity index (χ2v) is 9.48. The molecule has 1 aromatic rings. The highest BCUT2D eigenvalue weighted by molar-refractivity contribution is 5.97. The molecule has 0 aromatic heterocycles. The minimum atomic E-state index is -4.92.